The maximum atomic E-state index is 12.8. The summed E-state index contributed by atoms with van der Waals surface area (Å²) in [7, 11) is 0. The van der Waals surface area contributed by atoms with Gasteiger partial charge < -0.3 is 4.98 Å². The van der Waals surface area contributed by atoms with Crippen LogP contribution >= 0.6 is 11.6 Å². The minimum Gasteiger partial charge on any atom is -0.358 e. The van der Waals surface area contributed by atoms with E-state index in [4.69, 9.17) is 11.6 Å². The van der Waals surface area contributed by atoms with Gasteiger partial charge in [-0.25, -0.2) is 0 Å². The van der Waals surface area contributed by atoms with Gasteiger partial charge in [0.05, 0.1) is 0 Å². The maximum Gasteiger partial charge on any atom is 0.163 e. The van der Waals surface area contributed by atoms with E-state index in [1.165, 1.54) is 0 Å². The van der Waals surface area contributed by atoms with Crippen molar-refractivity contribution in [2.75, 3.05) is 0 Å². The number of benzene rings is 3. The molecule has 1 aromatic heterocycles. The number of rotatable bonds is 5. The Bertz CT molecular complexity index is 1000. The van der Waals surface area contributed by atoms with Crippen LogP contribution in [0, 0.1) is 0 Å². The summed E-state index contributed by atoms with van der Waals surface area (Å²) in [6.07, 6.45) is 0.401. The van der Waals surface area contributed by atoms with Gasteiger partial charge in [-0.05, 0) is 35.2 Å². The van der Waals surface area contributed by atoms with Crippen LogP contribution in [0.5, 0.6) is 0 Å². The van der Waals surface area contributed by atoms with Crippen LogP contribution in [0.4, 0.5) is 0 Å². The van der Waals surface area contributed by atoms with Crippen LogP contribution in [-0.4, -0.2) is 10.8 Å². The summed E-state index contributed by atoms with van der Waals surface area (Å²) < 4.78 is 0. The zero-order valence-corrected chi connectivity index (χ0v) is 14.9. The summed E-state index contributed by atoms with van der Waals surface area (Å²) in [5.74, 6) is 0.0802. The Morgan fingerprint density at radius 1 is 0.885 bits per heavy atom. The Morgan fingerprint density at radius 2 is 1.58 bits per heavy atom. The van der Waals surface area contributed by atoms with E-state index in [0.29, 0.717) is 11.4 Å². The van der Waals surface area contributed by atoms with Gasteiger partial charge in [0, 0.05) is 34.1 Å². The van der Waals surface area contributed by atoms with Crippen molar-refractivity contribution in [3.8, 4) is 0 Å². The van der Waals surface area contributed by atoms with Crippen LogP contribution < -0.4 is 0 Å². The predicted octanol–water partition coefficient (Wildman–Crippen LogP) is 6.23. The fourth-order valence-electron chi connectivity index (χ4n) is 3.31. The minimum absolute atomic E-state index is 0.0487. The highest BCUT2D eigenvalue weighted by atomic mass is 35.5. The van der Waals surface area contributed by atoms with Gasteiger partial charge in [0.2, 0.25) is 0 Å². The van der Waals surface area contributed by atoms with Crippen molar-refractivity contribution in [3.63, 3.8) is 0 Å². The SMILES string of the molecule is O=C(C[C@@H](c1ccc(Cl)cc1)c1cc2ccccc2[nH]1)c1ccccc1. The molecule has 2 nitrogen and oxygen atoms in total. The van der Waals surface area contributed by atoms with E-state index < -0.39 is 0 Å². The topological polar surface area (TPSA) is 32.9 Å². The van der Waals surface area contributed by atoms with Crippen molar-refractivity contribution in [3.05, 3.63) is 107 Å². The third kappa shape index (κ3) is 3.42. The number of Topliss-reactive ketones (excluding diaryl/α,β-unsaturated/α-hetero) is 1. The van der Waals surface area contributed by atoms with Gasteiger partial charge in [-0.15, -0.1) is 0 Å². The molecule has 0 bridgehead atoms. The highest BCUT2D eigenvalue weighted by molar-refractivity contribution is 6.30. The third-order valence-electron chi connectivity index (χ3n) is 4.68. The number of hydrogen-bond acceptors (Lipinski definition) is 1. The summed E-state index contributed by atoms with van der Waals surface area (Å²) in [5.41, 5.74) is 3.93. The molecule has 0 amide bonds. The second kappa shape index (κ2) is 7.19. The molecule has 0 radical (unpaired) electrons. The van der Waals surface area contributed by atoms with E-state index in [0.717, 1.165) is 27.7 Å². The van der Waals surface area contributed by atoms with Gasteiger partial charge in [-0.1, -0.05) is 72.3 Å². The Balaban J connectivity index is 1.74. The molecule has 3 aromatic carbocycles. The average molecular weight is 360 g/mol. The van der Waals surface area contributed by atoms with Gasteiger partial charge >= 0.3 is 0 Å². The molecule has 128 valence electrons. The number of nitrogens with one attached hydrogen (secondary N) is 1. The molecular weight excluding hydrogens is 342 g/mol. The Hall–Kier alpha value is -2.84. The lowest BCUT2D eigenvalue weighted by atomic mass is 9.89. The summed E-state index contributed by atoms with van der Waals surface area (Å²) in [5, 5.41) is 1.84. The second-order valence-electron chi connectivity index (χ2n) is 6.41. The number of H-pyrrole nitrogens is 1. The van der Waals surface area contributed by atoms with E-state index in [1.807, 2.05) is 66.7 Å². The van der Waals surface area contributed by atoms with Gasteiger partial charge in [0.1, 0.15) is 0 Å². The zero-order valence-electron chi connectivity index (χ0n) is 14.2. The molecule has 1 atom stereocenters. The summed E-state index contributed by atoms with van der Waals surface area (Å²) >= 11 is 6.05. The Kier molecular flexibility index (Phi) is 4.59. The third-order valence-corrected chi connectivity index (χ3v) is 4.94. The molecule has 0 spiro atoms. The zero-order chi connectivity index (χ0) is 17.9. The van der Waals surface area contributed by atoms with Crippen LogP contribution in [0.3, 0.4) is 0 Å². The van der Waals surface area contributed by atoms with Crippen LogP contribution in [0.15, 0.2) is 84.9 Å². The minimum atomic E-state index is -0.0487. The number of hydrogen-bond donors (Lipinski definition) is 1. The van der Waals surface area contributed by atoms with Gasteiger partial charge in [-0.2, -0.15) is 0 Å². The number of ketones is 1. The first-order chi connectivity index (χ1) is 12.7. The van der Waals surface area contributed by atoms with Crippen LogP contribution in [0.2, 0.25) is 5.02 Å². The number of halogens is 1. The number of carbonyl (C=O) groups excluding carboxylic acids is 1. The second-order valence-corrected chi connectivity index (χ2v) is 6.85. The van der Waals surface area contributed by atoms with Crippen molar-refractivity contribution in [1.29, 1.82) is 0 Å². The summed E-state index contributed by atoms with van der Waals surface area (Å²) in [6.45, 7) is 0. The largest absolute Gasteiger partial charge is 0.358 e. The first-order valence-corrected chi connectivity index (χ1v) is 9.00. The van der Waals surface area contributed by atoms with Crippen LogP contribution in [0.25, 0.3) is 10.9 Å². The van der Waals surface area contributed by atoms with E-state index in [2.05, 4.69) is 23.2 Å². The molecular formula is C23H18ClNO. The molecule has 4 rings (SSSR count). The molecule has 0 unspecified atom stereocenters. The number of aromatic nitrogens is 1. The smallest absolute Gasteiger partial charge is 0.163 e. The van der Waals surface area contributed by atoms with E-state index in [1.54, 1.807) is 0 Å². The molecule has 0 aliphatic carbocycles. The first kappa shape index (κ1) is 16.6. The van der Waals surface area contributed by atoms with Crippen molar-refractivity contribution in [2.45, 2.75) is 12.3 Å². The van der Waals surface area contributed by atoms with E-state index in [9.17, 15) is 4.79 Å². The average Bonchev–Trinajstić information content (AvgIpc) is 3.11. The molecule has 0 saturated carbocycles. The molecule has 0 saturated heterocycles. The Morgan fingerprint density at radius 3 is 2.31 bits per heavy atom. The van der Waals surface area contributed by atoms with E-state index >= 15 is 0 Å². The molecule has 1 heterocycles. The van der Waals surface area contributed by atoms with Crippen molar-refractivity contribution in [1.82, 2.24) is 4.98 Å². The molecule has 4 aromatic rings. The summed E-state index contributed by atoms with van der Waals surface area (Å²) in [6, 6.07) is 27.5. The molecule has 0 fully saturated rings. The van der Waals surface area contributed by atoms with Gasteiger partial charge in [0.25, 0.3) is 0 Å². The highest BCUT2D eigenvalue weighted by Crippen LogP contribution is 2.32. The van der Waals surface area contributed by atoms with E-state index in [-0.39, 0.29) is 11.7 Å². The first-order valence-electron chi connectivity index (χ1n) is 8.62. The predicted molar refractivity (Wildman–Crippen MR) is 107 cm³/mol. The molecule has 3 heteroatoms. The standard InChI is InChI=1S/C23H18ClNO/c24-19-12-10-16(11-13-19)20(15-23(26)17-6-2-1-3-7-17)22-14-18-8-4-5-9-21(18)25-22/h1-14,20,25H,15H2/t20-/m0/s1. The lowest BCUT2D eigenvalue weighted by Crippen LogP contribution is -2.09. The normalized spacial score (nSPS) is 12.2. The van der Waals surface area contributed by atoms with Gasteiger partial charge in [0.15, 0.2) is 5.78 Å². The van der Waals surface area contributed by atoms with Crippen LogP contribution in [0.1, 0.15) is 34.0 Å². The lowest BCUT2D eigenvalue weighted by Gasteiger charge is -2.16. The molecule has 0 aliphatic heterocycles. The van der Waals surface area contributed by atoms with Crippen molar-refractivity contribution in [2.24, 2.45) is 0 Å². The number of fused-ring (bicyclic) bond motifs is 1. The van der Waals surface area contributed by atoms with Crippen molar-refractivity contribution >= 4 is 28.3 Å². The number of aromatic amines is 1. The van der Waals surface area contributed by atoms with Gasteiger partial charge in [-0.3, -0.25) is 4.79 Å². The highest BCUT2D eigenvalue weighted by Gasteiger charge is 2.21. The monoisotopic (exact) mass is 359 g/mol. The Labute approximate surface area is 157 Å². The van der Waals surface area contributed by atoms with Crippen molar-refractivity contribution < 1.29 is 4.79 Å². The summed E-state index contributed by atoms with van der Waals surface area (Å²) in [4.78, 5) is 16.3. The quantitative estimate of drug-likeness (QED) is 0.421. The fraction of sp³-hybridized carbons (Fsp3) is 0.0870. The number of para-hydroxylation sites is 1. The fourth-order valence-corrected chi connectivity index (χ4v) is 3.44. The number of carbonyl (C=O) groups is 1. The lowest BCUT2D eigenvalue weighted by molar-refractivity contribution is 0.0977. The maximum absolute atomic E-state index is 12.8. The molecule has 26 heavy (non-hydrogen) atoms. The van der Waals surface area contributed by atoms with Crippen LogP contribution in [-0.2, 0) is 0 Å². The molecule has 1 N–H and O–H groups in total. The molecule has 0 aliphatic rings.